The lowest BCUT2D eigenvalue weighted by Crippen LogP contribution is -2.40. The van der Waals surface area contributed by atoms with E-state index >= 15 is 0 Å². The number of H-pyrrole nitrogens is 1. The van der Waals surface area contributed by atoms with Gasteiger partial charge in [-0.2, -0.15) is 4.98 Å². The molecule has 1 amide bonds. The van der Waals surface area contributed by atoms with Crippen LogP contribution in [0.15, 0.2) is 9.32 Å². The largest absolute Gasteiger partial charge is 0.337 e. The number of hydrogen-bond acceptors (Lipinski definition) is 6. The third-order valence-corrected chi connectivity index (χ3v) is 4.32. The van der Waals surface area contributed by atoms with Crippen LogP contribution in [0.4, 0.5) is 0 Å². The summed E-state index contributed by atoms with van der Waals surface area (Å²) in [6.45, 7) is 5.85. The molecule has 24 heavy (non-hydrogen) atoms. The van der Waals surface area contributed by atoms with Crippen LogP contribution in [0.1, 0.15) is 54.1 Å². The van der Waals surface area contributed by atoms with Crippen LogP contribution in [0.25, 0.3) is 0 Å². The minimum absolute atomic E-state index is 0.0259. The Kier molecular flexibility index (Phi) is 4.46. The van der Waals surface area contributed by atoms with Gasteiger partial charge >= 0.3 is 0 Å². The summed E-state index contributed by atoms with van der Waals surface area (Å²) in [5, 5.41) is 3.82. The van der Waals surface area contributed by atoms with Crippen molar-refractivity contribution in [2.24, 2.45) is 0 Å². The van der Waals surface area contributed by atoms with Crippen molar-refractivity contribution in [1.29, 1.82) is 0 Å². The molecule has 128 valence electrons. The molecule has 2 aromatic heterocycles. The predicted molar refractivity (Wildman–Crippen MR) is 85.4 cm³/mol. The number of carbonyl (C=O) groups excluding carboxylic acids is 1. The van der Waals surface area contributed by atoms with Crippen LogP contribution in [0.5, 0.6) is 0 Å². The van der Waals surface area contributed by atoms with Crippen molar-refractivity contribution in [1.82, 2.24) is 25.0 Å². The van der Waals surface area contributed by atoms with Gasteiger partial charge in [-0.25, -0.2) is 4.98 Å². The minimum atomic E-state index is -0.254. The molecule has 0 radical (unpaired) electrons. The molecule has 1 aliphatic rings. The first-order chi connectivity index (χ1) is 11.5. The molecule has 0 spiro atoms. The zero-order chi connectivity index (χ0) is 17.3. The number of rotatable bonds is 3. The number of amides is 1. The molecule has 0 aliphatic carbocycles. The normalized spacial score (nSPS) is 18.0. The smallest absolute Gasteiger partial charge is 0.254 e. The van der Waals surface area contributed by atoms with E-state index in [2.05, 4.69) is 20.1 Å². The van der Waals surface area contributed by atoms with Gasteiger partial charge in [0.25, 0.3) is 5.56 Å². The van der Waals surface area contributed by atoms with Gasteiger partial charge in [0, 0.05) is 17.8 Å². The van der Waals surface area contributed by atoms with Crippen molar-refractivity contribution in [3.63, 3.8) is 0 Å². The van der Waals surface area contributed by atoms with Crippen LogP contribution < -0.4 is 5.56 Å². The molecule has 8 nitrogen and oxygen atoms in total. The van der Waals surface area contributed by atoms with E-state index in [9.17, 15) is 9.59 Å². The fraction of sp³-hybridized carbons (Fsp3) is 0.562. The summed E-state index contributed by atoms with van der Waals surface area (Å²) in [4.78, 5) is 37.8. The number of aromatic nitrogens is 4. The summed E-state index contributed by atoms with van der Waals surface area (Å²) < 4.78 is 5.26. The van der Waals surface area contributed by atoms with Crippen LogP contribution in [0.2, 0.25) is 0 Å². The van der Waals surface area contributed by atoms with E-state index < -0.39 is 0 Å². The Hall–Kier alpha value is -2.51. The Morgan fingerprint density at radius 2 is 2.08 bits per heavy atom. The average Bonchev–Trinajstić information content (AvgIpc) is 2.97. The second-order valence-corrected chi connectivity index (χ2v) is 6.17. The summed E-state index contributed by atoms with van der Waals surface area (Å²) in [6, 6.07) is -0.217. The van der Waals surface area contributed by atoms with Crippen LogP contribution in [0, 0.1) is 20.8 Å². The number of carbonyl (C=O) groups is 1. The average molecular weight is 331 g/mol. The van der Waals surface area contributed by atoms with Crippen molar-refractivity contribution >= 4 is 5.91 Å². The number of hydrogen-bond donors (Lipinski definition) is 1. The molecular weight excluding hydrogens is 310 g/mol. The van der Waals surface area contributed by atoms with E-state index in [1.807, 2.05) is 0 Å². The first kappa shape index (κ1) is 16.4. The van der Waals surface area contributed by atoms with Gasteiger partial charge in [-0.3, -0.25) is 9.59 Å². The summed E-state index contributed by atoms with van der Waals surface area (Å²) >= 11 is 0. The van der Waals surface area contributed by atoms with Crippen molar-refractivity contribution < 1.29 is 9.32 Å². The maximum Gasteiger partial charge on any atom is 0.254 e. The molecular formula is C16H21N5O3. The SMILES string of the molecule is Cc1noc([C@H]2CCCCN2C(=O)Cc2c(C)nc(C)[nH]c2=O)n1. The number of aromatic amines is 1. The second-order valence-electron chi connectivity index (χ2n) is 6.17. The zero-order valence-electron chi connectivity index (χ0n) is 14.1. The molecule has 8 heteroatoms. The maximum absolute atomic E-state index is 12.8. The molecule has 0 aromatic carbocycles. The Bertz CT molecular complexity index is 810. The van der Waals surface area contributed by atoms with E-state index in [-0.39, 0.29) is 23.9 Å². The topological polar surface area (TPSA) is 105 Å². The number of nitrogens with zero attached hydrogens (tertiary/aromatic N) is 4. The number of likely N-dealkylation sites (tertiary alicyclic amines) is 1. The summed E-state index contributed by atoms with van der Waals surface area (Å²) in [7, 11) is 0. The number of aryl methyl sites for hydroxylation is 3. The van der Waals surface area contributed by atoms with E-state index in [0.717, 1.165) is 19.3 Å². The van der Waals surface area contributed by atoms with Crippen molar-refractivity contribution in [2.75, 3.05) is 6.54 Å². The molecule has 1 atom stereocenters. The Morgan fingerprint density at radius 1 is 1.29 bits per heavy atom. The first-order valence-electron chi connectivity index (χ1n) is 8.12. The first-order valence-corrected chi connectivity index (χ1v) is 8.12. The molecule has 1 aliphatic heterocycles. The Morgan fingerprint density at radius 3 is 2.75 bits per heavy atom. The van der Waals surface area contributed by atoms with E-state index in [0.29, 0.717) is 35.3 Å². The lowest BCUT2D eigenvalue weighted by Gasteiger charge is -2.33. The highest BCUT2D eigenvalue weighted by atomic mass is 16.5. The monoisotopic (exact) mass is 331 g/mol. The summed E-state index contributed by atoms with van der Waals surface area (Å²) in [5.74, 6) is 1.45. The lowest BCUT2D eigenvalue weighted by atomic mass is 10.0. The third-order valence-electron chi connectivity index (χ3n) is 4.32. The highest BCUT2D eigenvalue weighted by Gasteiger charge is 2.32. The highest BCUT2D eigenvalue weighted by molar-refractivity contribution is 5.79. The van der Waals surface area contributed by atoms with E-state index in [4.69, 9.17) is 4.52 Å². The number of piperidine rings is 1. The molecule has 1 N–H and O–H groups in total. The second kappa shape index (κ2) is 6.54. The molecule has 0 bridgehead atoms. The molecule has 0 saturated carbocycles. The van der Waals surface area contributed by atoms with Crippen LogP contribution in [0.3, 0.4) is 0 Å². The van der Waals surface area contributed by atoms with Gasteiger partial charge in [0.1, 0.15) is 11.9 Å². The molecule has 0 unspecified atom stereocenters. The van der Waals surface area contributed by atoms with Gasteiger partial charge in [-0.1, -0.05) is 5.16 Å². The van der Waals surface area contributed by atoms with E-state index in [1.165, 1.54) is 0 Å². The van der Waals surface area contributed by atoms with Crippen LogP contribution in [-0.2, 0) is 11.2 Å². The Labute approximate surface area is 139 Å². The fourth-order valence-electron chi connectivity index (χ4n) is 3.15. The van der Waals surface area contributed by atoms with Crippen molar-refractivity contribution in [2.45, 2.75) is 52.5 Å². The van der Waals surface area contributed by atoms with Gasteiger partial charge in [0.05, 0.1) is 6.42 Å². The van der Waals surface area contributed by atoms with Crippen molar-refractivity contribution in [3.05, 3.63) is 39.2 Å². The molecule has 3 heterocycles. The highest BCUT2D eigenvalue weighted by Crippen LogP contribution is 2.30. The third kappa shape index (κ3) is 3.22. The number of nitrogens with one attached hydrogen (secondary N) is 1. The van der Waals surface area contributed by atoms with Gasteiger partial charge in [-0.15, -0.1) is 0 Å². The van der Waals surface area contributed by atoms with Gasteiger partial charge in [0.2, 0.25) is 11.8 Å². The van der Waals surface area contributed by atoms with Crippen LogP contribution in [-0.4, -0.2) is 37.5 Å². The minimum Gasteiger partial charge on any atom is -0.337 e. The van der Waals surface area contributed by atoms with Gasteiger partial charge in [0.15, 0.2) is 5.82 Å². The Balaban J connectivity index is 1.84. The molecule has 3 rings (SSSR count). The summed E-state index contributed by atoms with van der Waals surface area (Å²) in [6.07, 6.45) is 2.74. The fourth-order valence-corrected chi connectivity index (χ4v) is 3.15. The summed E-state index contributed by atoms with van der Waals surface area (Å²) in [5.41, 5.74) is 0.749. The zero-order valence-corrected chi connectivity index (χ0v) is 14.1. The molecule has 1 saturated heterocycles. The quantitative estimate of drug-likeness (QED) is 0.911. The van der Waals surface area contributed by atoms with Gasteiger partial charge < -0.3 is 14.4 Å². The van der Waals surface area contributed by atoms with E-state index in [1.54, 1.807) is 25.7 Å². The van der Waals surface area contributed by atoms with Crippen LogP contribution >= 0.6 is 0 Å². The van der Waals surface area contributed by atoms with Crippen molar-refractivity contribution in [3.8, 4) is 0 Å². The lowest BCUT2D eigenvalue weighted by molar-refractivity contribution is -0.135. The molecule has 1 fully saturated rings. The maximum atomic E-state index is 12.8. The predicted octanol–water partition coefficient (Wildman–Crippen LogP) is 1.37. The van der Waals surface area contributed by atoms with Gasteiger partial charge in [-0.05, 0) is 40.0 Å². The standard InChI is InChI=1S/C16H21N5O3/c1-9-12(15(23)18-10(2)17-9)8-14(22)21-7-5-4-6-13(21)16-19-11(3)20-24-16/h13H,4-8H2,1-3H3,(H,17,18,23)/t13-/m1/s1. The molecule has 2 aromatic rings.